The lowest BCUT2D eigenvalue weighted by Crippen LogP contribution is -2.28. The Morgan fingerprint density at radius 2 is 1.62 bits per heavy atom. The van der Waals surface area contributed by atoms with Gasteiger partial charge in [0.2, 0.25) is 0 Å². The van der Waals surface area contributed by atoms with Crippen LogP contribution in [0.2, 0.25) is 0 Å². The third kappa shape index (κ3) is 4.76. The predicted molar refractivity (Wildman–Crippen MR) is 88.0 cm³/mol. The van der Waals surface area contributed by atoms with Crippen LogP contribution in [0.4, 0.5) is 0 Å². The number of benzene rings is 1. The van der Waals surface area contributed by atoms with E-state index in [9.17, 15) is 4.79 Å². The Morgan fingerprint density at radius 3 is 2.05 bits per heavy atom. The summed E-state index contributed by atoms with van der Waals surface area (Å²) >= 11 is 0. The van der Waals surface area contributed by atoms with E-state index < -0.39 is 0 Å². The maximum atomic E-state index is 11.7. The van der Waals surface area contributed by atoms with Crippen LogP contribution in [-0.4, -0.2) is 31.5 Å². The zero-order valence-electron chi connectivity index (χ0n) is 14.7. The van der Waals surface area contributed by atoms with E-state index in [-0.39, 0.29) is 23.3 Å². The molecule has 0 aliphatic carbocycles. The molecule has 3 heteroatoms. The van der Waals surface area contributed by atoms with Crippen LogP contribution in [0.1, 0.15) is 52.7 Å². The molecule has 3 nitrogen and oxygen atoms in total. The first-order valence-corrected chi connectivity index (χ1v) is 7.41. The first-order chi connectivity index (χ1) is 9.43. The van der Waals surface area contributed by atoms with E-state index in [4.69, 9.17) is 4.74 Å². The lowest BCUT2D eigenvalue weighted by atomic mass is 9.80. The van der Waals surface area contributed by atoms with E-state index in [0.29, 0.717) is 0 Å². The molecule has 0 aliphatic rings. The van der Waals surface area contributed by atoms with Gasteiger partial charge in [-0.2, -0.15) is 0 Å². The lowest BCUT2D eigenvalue weighted by molar-refractivity contribution is -0.130. The molecule has 0 radical (unpaired) electrons. The largest absolute Gasteiger partial charge is 0.483 e. The van der Waals surface area contributed by atoms with Crippen molar-refractivity contribution < 1.29 is 9.53 Å². The van der Waals surface area contributed by atoms with Gasteiger partial charge in [0.1, 0.15) is 5.75 Å². The van der Waals surface area contributed by atoms with Gasteiger partial charge in [-0.05, 0) is 28.0 Å². The third-order valence-electron chi connectivity index (χ3n) is 3.50. The van der Waals surface area contributed by atoms with Gasteiger partial charge in [-0.1, -0.05) is 53.7 Å². The van der Waals surface area contributed by atoms with Crippen LogP contribution in [-0.2, 0) is 15.6 Å². The van der Waals surface area contributed by atoms with Gasteiger partial charge >= 0.3 is 0 Å². The molecule has 0 spiro atoms. The van der Waals surface area contributed by atoms with Gasteiger partial charge in [0.25, 0.3) is 5.91 Å². The van der Waals surface area contributed by atoms with Crippen molar-refractivity contribution in [1.82, 2.24) is 4.90 Å². The van der Waals surface area contributed by atoms with Crippen molar-refractivity contribution in [1.29, 1.82) is 0 Å². The number of nitrogens with zero attached hydrogens (tertiary/aromatic N) is 1. The molecule has 0 aromatic heterocycles. The maximum absolute atomic E-state index is 11.7. The van der Waals surface area contributed by atoms with Crippen LogP contribution in [0.5, 0.6) is 5.75 Å². The molecule has 1 aromatic rings. The molecular weight excluding hydrogens is 262 g/mol. The Balaban J connectivity index is 3.12. The van der Waals surface area contributed by atoms with Crippen molar-refractivity contribution in [2.45, 2.75) is 52.4 Å². The molecular formula is C18H29NO2. The summed E-state index contributed by atoms with van der Waals surface area (Å²) < 4.78 is 5.76. The maximum Gasteiger partial charge on any atom is 0.259 e. The van der Waals surface area contributed by atoms with Gasteiger partial charge in [-0.25, -0.2) is 0 Å². The molecule has 0 bridgehead atoms. The third-order valence-corrected chi connectivity index (χ3v) is 3.50. The molecule has 1 aromatic carbocycles. The number of ether oxygens (including phenoxy) is 1. The van der Waals surface area contributed by atoms with Crippen molar-refractivity contribution in [3.63, 3.8) is 0 Å². The van der Waals surface area contributed by atoms with Gasteiger partial charge in [-0.3, -0.25) is 4.79 Å². The first-order valence-electron chi connectivity index (χ1n) is 7.41. The average molecular weight is 291 g/mol. The van der Waals surface area contributed by atoms with Crippen LogP contribution < -0.4 is 4.74 Å². The number of rotatable bonds is 3. The number of carbonyl (C=O) groups is 1. The minimum Gasteiger partial charge on any atom is -0.483 e. The van der Waals surface area contributed by atoms with Crippen molar-refractivity contribution in [3.8, 4) is 5.75 Å². The fraction of sp³-hybridized carbons (Fsp3) is 0.611. The summed E-state index contributed by atoms with van der Waals surface area (Å²) in [5.74, 6) is 0.764. The van der Waals surface area contributed by atoms with E-state index in [0.717, 1.165) is 11.3 Å². The summed E-state index contributed by atoms with van der Waals surface area (Å²) in [7, 11) is 3.47. The highest BCUT2D eigenvalue weighted by Crippen LogP contribution is 2.35. The van der Waals surface area contributed by atoms with E-state index in [2.05, 4.69) is 53.7 Å². The van der Waals surface area contributed by atoms with Crippen LogP contribution in [0.15, 0.2) is 18.2 Å². The standard InChI is InChI=1S/C18H29NO2/c1-17(2,3)13-9-10-15(14(11-13)18(4,5)6)21-12-16(20)19(7)8/h9-11H,12H2,1-8H3. The minimum absolute atomic E-state index is 0.0300. The molecule has 21 heavy (non-hydrogen) atoms. The summed E-state index contributed by atoms with van der Waals surface area (Å²) in [6, 6.07) is 6.28. The van der Waals surface area contributed by atoms with Gasteiger partial charge in [0, 0.05) is 14.1 Å². The molecule has 0 fully saturated rings. The van der Waals surface area contributed by atoms with Crippen molar-refractivity contribution in [2.24, 2.45) is 0 Å². The summed E-state index contributed by atoms with van der Waals surface area (Å²) in [4.78, 5) is 13.2. The summed E-state index contributed by atoms with van der Waals surface area (Å²) in [6.45, 7) is 13.2. The molecule has 0 saturated heterocycles. The number of hydrogen-bond donors (Lipinski definition) is 0. The van der Waals surface area contributed by atoms with Crippen molar-refractivity contribution in [3.05, 3.63) is 29.3 Å². The molecule has 1 amide bonds. The number of carbonyl (C=O) groups excluding carboxylic acids is 1. The highest BCUT2D eigenvalue weighted by atomic mass is 16.5. The van der Waals surface area contributed by atoms with Crippen LogP contribution >= 0.6 is 0 Å². The molecule has 0 heterocycles. The zero-order valence-corrected chi connectivity index (χ0v) is 14.7. The lowest BCUT2D eigenvalue weighted by Gasteiger charge is -2.27. The molecule has 118 valence electrons. The Hall–Kier alpha value is -1.51. The number of hydrogen-bond acceptors (Lipinski definition) is 2. The second-order valence-electron chi connectivity index (χ2n) is 7.79. The van der Waals surface area contributed by atoms with E-state index in [1.807, 2.05) is 6.07 Å². The fourth-order valence-corrected chi connectivity index (χ4v) is 1.98. The van der Waals surface area contributed by atoms with E-state index in [1.54, 1.807) is 19.0 Å². The monoisotopic (exact) mass is 291 g/mol. The SMILES string of the molecule is CN(C)C(=O)COc1ccc(C(C)(C)C)cc1C(C)(C)C. The van der Waals surface area contributed by atoms with Gasteiger partial charge in [0.05, 0.1) is 0 Å². The molecule has 0 atom stereocenters. The van der Waals surface area contributed by atoms with Crippen molar-refractivity contribution in [2.75, 3.05) is 20.7 Å². The summed E-state index contributed by atoms with van der Waals surface area (Å²) in [5.41, 5.74) is 2.48. The highest BCUT2D eigenvalue weighted by Gasteiger charge is 2.23. The summed E-state index contributed by atoms with van der Waals surface area (Å²) in [5, 5.41) is 0. The predicted octanol–water partition coefficient (Wildman–Crippen LogP) is 3.75. The Bertz CT molecular complexity index is 505. The molecule has 0 unspecified atom stereocenters. The van der Waals surface area contributed by atoms with Gasteiger partial charge < -0.3 is 9.64 Å². The van der Waals surface area contributed by atoms with Crippen LogP contribution in [0, 0.1) is 0 Å². The van der Waals surface area contributed by atoms with E-state index >= 15 is 0 Å². The summed E-state index contributed by atoms with van der Waals surface area (Å²) in [6.07, 6.45) is 0. The van der Waals surface area contributed by atoms with Crippen LogP contribution in [0.25, 0.3) is 0 Å². The molecule has 0 N–H and O–H groups in total. The van der Waals surface area contributed by atoms with Gasteiger partial charge in [-0.15, -0.1) is 0 Å². The van der Waals surface area contributed by atoms with Crippen LogP contribution in [0.3, 0.4) is 0 Å². The highest BCUT2D eigenvalue weighted by molar-refractivity contribution is 5.77. The Kier molecular flexibility index (Phi) is 5.08. The zero-order chi connectivity index (χ0) is 16.4. The number of amides is 1. The minimum atomic E-state index is -0.0326. The quantitative estimate of drug-likeness (QED) is 0.849. The number of likely N-dealkylation sites (N-methyl/N-ethyl adjacent to an activating group) is 1. The second kappa shape index (κ2) is 6.08. The molecule has 0 saturated carbocycles. The van der Waals surface area contributed by atoms with Crippen molar-refractivity contribution >= 4 is 5.91 Å². The average Bonchev–Trinajstić information content (AvgIpc) is 2.33. The molecule has 0 aliphatic heterocycles. The normalized spacial score (nSPS) is 12.2. The van der Waals surface area contributed by atoms with E-state index in [1.165, 1.54) is 5.56 Å². The first kappa shape index (κ1) is 17.5. The topological polar surface area (TPSA) is 29.5 Å². The Morgan fingerprint density at radius 1 is 1.05 bits per heavy atom. The smallest absolute Gasteiger partial charge is 0.259 e. The Labute approximate surface area is 129 Å². The fourth-order valence-electron chi connectivity index (χ4n) is 1.98. The van der Waals surface area contributed by atoms with Gasteiger partial charge in [0.15, 0.2) is 6.61 Å². The second-order valence-corrected chi connectivity index (χ2v) is 7.79. The molecule has 1 rings (SSSR count).